The highest BCUT2D eigenvalue weighted by Gasteiger charge is 2.09. The number of hydrogen-bond acceptors (Lipinski definition) is 4. The third kappa shape index (κ3) is 4.94. The van der Waals surface area contributed by atoms with Crippen molar-refractivity contribution in [2.24, 2.45) is 0 Å². The molecule has 6 heteroatoms. The third-order valence-corrected chi connectivity index (χ3v) is 4.14. The normalized spacial score (nSPS) is 10.2. The second-order valence-corrected chi connectivity index (χ2v) is 6.28. The molecule has 2 amide bonds. The predicted octanol–water partition coefficient (Wildman–Crippen LogP) is 4.60. The van der Waals surface area contributed by atoms with Crippen LogP contribution in [-0.4, -0.2) is 16.8 Å². The minimum Gasteiger partial charge on any atom is -0.354 e. The molecule has 0 aliphatic heterocycles. The van der Waals surface area contributed by atoms with E-state index >= 15 is 0 Å². The SMILES string of the molecule is CCc1ccccc1NC(=O)c1ccc(Nc2ccc(NC(C)=O)cc2)cn1. The van der Waals surface area contributed by atoms with Crippen LogP contribution in [0.5, 0.6) is 0 Å². The van der Waals surface area contributed by atoms with Gasteiger partial charge in [0.2, 0.25) is 5.91 Å². The first-order valence-electron chi connectivity index (χ1n) is 9.05. The zero-order chi connectivity index (χ0) is 19.9. The molecule has 0 saturated carbocycles. The Balaban J connectivity index is 1.64. The number of pyridine rings is 1. The Morgan fingerprint density at radius 3 is 2.18 bits per heavy atom. The van der Waals surface area contributed by atoms with Crippen LogP contribution in [0.2, 0.25) is 0 Å². The molecule has 142 valence electrons. The largest absolute Gasteiger partial charge is 0.354 e. The van der Waals surface area contributed by atoms with Crippen LogP contribution in [0.15, 0.2) is 66.9 Å². The molecule has 3 rings (SSSR count). The number of para-hydroxylation sites is 1. The average molecular weight is 374 g/mol. The van der Waals surface area contributed by atoms with Gasteiger partial charge in [0.1, 0.15) is 5.69 Å². The summed E-state index contributed by atoms with van der Waals surface area (Å²) >= 11 is 0. The summed E-state index contributed by atoms with van der Waals surface area (Å²) in [6.45, 7) is 3.52. The third-order valence-electron chi connectivity index (χ3n) is 4.14. The maximum Gasteiger partial charge on any atom is 0.274 e. The van der Waals surface area contributed by atoms with Crippen molar-refractivity contribution in [2.45, 2.75) is 20.3 Å². The van der Waals surface area contributed by atoms with Gasteiger partial charge < -0.3 is 16.0 Å². The Labute approximate surface area is 164 Å². The number of aryl methyl sites for hydroxylation is 1. The number of nitrogens with zero attached hydrogens (tertiary/aromatic N) is 1. The number of hydrogen-bond donors (Lipinski definition) is 3. The van der Waals surface area contributed by atoms with Crippen molar-refractivity contribution in [2.75, 3.05) is 16.0 Å². The van der Waals surface area contributed by atoms with Crippen molar-refractivity contribution in [1.82, 2.24) is 4.98 Å². The number of carbonyl (C=O) groups is 2. The Bertz CT molecular complexity index is 967. The summed E-state index contributed by atoms with van der Waals surface area (Å²) in [7, 11) is 0. The van der Waals surface area contributed by atoms with Gasteiger partial charge in [-0.3, -0.25) is 9.59 Å². The lowest BCUT2D eigenvalue weighted by atomic mass is 10.1. The van der Waals surface area contributed by atoms with E-state index in [-0.39, 0.29) is 11.8 Å². The first-order valence-corrected chi connectivity index (χ1v) is 9.05. The van der Waals surface area contributed by atoms with Crippen molar-refractivity contribution in [3.05, 3.63) is 78.1 Å². The summed E-state index contributed by atoms with van der Waals surface area (Å²) in [5.41, 5.74) is 4.57. The second-order valence-electron chi connectivity index (χ2n) is 6.28. The maximum atomic E-state index is 12.4. The van der Waals surface area contributed by atoms with Gasteiger partial charge >= 0.3 is 0 Å². The molecular weight excluding hydrogens is 352 g/mol. The minimum atomic E-state index is -0.243. The highest BCUT2D eigenvalue weighted by molar-refractivity contribution is 6.03. The molecule has 1 heterocycles. The minimum absolute atomic E-state index is 0.111. The zero-order valence-corrected chi connectivity index (χ0v) is 15.8. The number of anilines is 4. The topological polar surface area (TPSA) is 83.1 Å². The monoisotopic (exact) mass is 374 g/mol. The predicted molar refractivity (Wildman–Crippen MR) is 112 cm³/mol. The second kappa shape index (κ2) is 8.81. The van der Waals surface area contributed by atoms with Gasteiger partial charge in [-0.2, -0.15) is 0 Å². The van der Waals surface area contributed by atoms with E-state index in [1.807, 2.05) is 55.5 Å². The highest BCUT2D eigenvalue weighted by atomic mass is 16.2. The lowest BCUT2D eigenvalue weighted by Crippen LogP contribution is -2.14. The van der Waals surface area contributed by atoms with Crippen LogP contribution in [0.3, 0.4) is 0 Å². The van der Waals surface area contributed by atoms with E-state index in [1.54, 1.807) is 18.3 Å². The number of amides is 2. The number of rotatable bonds is 6. The van der Waals surface area contributed by atoms with Crippen LogP contribution in [0.1, 0.15) is 29.9 Å². The van der Waals surface area contributed by atoms with E-state index in [2.05, 4.69) is 20.9 Å². The molecule has 0 aliphatic rings. The van der Waals surface area contributed by atoms with E-state index in [0.29, 0.717) is 5.69 Å². The summed E-state index contributed by atoms with van der Waals surface area (Å²) in [5, 5.41) is 8.84. The van der Waals surface area contributed by atoms with Gasteiger partial charge in [-0.1, -0.05) is 25.1 Å². The van der Waals surface area contributed by atoms with Crippen LogP contribution in [0.25, 0.3) is 0 Å². The Morgan fingerprint density at radius 1 is 0.857 bits per heavy atom. The average Bonchev–Trinajstić information content (AvgIpc) is 2.70. The molecule has 6 nitrogen and oxygen atoms in total. The molecule has 0 atom stereocenters. The van der Waals surface area contributed by atoms with Gasteiger partial charge in [-0.05, 0) is 54.4 Å². The van der Waals surface area contributed by atoms with Crippen molar-refractivity contribution in [3.8, 4) is 0 Å². The first kappa shape index (κ1) is 19.1. The Kier molecular flexibility index (Phi) is 6.01. The van der Waals surface area contributed by atoms with E-state index in [4.69, 9.17) is 0 Å². The van der Waals surface area contributed by atoms with Crippen molar-refractivity contribution >= 4 is 34.6 Å². The van der Waals surface area contributed by atoms with Gasteiger partial charge in [0.05, 0.1) is 11.9 Å². The number of carbonyl (C=O) groups excluding carboxylic acids is 2. The lowest BCUT2D eigenvalue weighted by molar-refractivity contribution is -0.114. The molecule has 0 spiro atoms. The summed E-state index contributed by atoms with van der Waals surface area (Å²) < 4.78 is 0. The molecule has 0 bridgehead atoms. The molecule has 3 aromatic rings. The standard InChI is InChI=1S/C22H22N4O2/c1-3-16-6-4-5-7-20(16)26-22(28)21-13-12-19(14-23-21)25-18-10-8-17(9-11-18)24-15(2)27/h4-14,25H,3H2,1-2H3,(H,24,27)(H,26,28). The van der Waals surface area contributed by atoms with Crippen LogP contribution < -0.4 is 16.0 Å². The first-order chi connectivity index (χ1) is 13.5. The molecular formula is C22H22N4O2. The van der Waals surface area contributed by atoms with Crippen molar-refractivity contribution in [3.63, 3.8) is 0 Å². The van der Waals surface area contributed by atoms with Gasteiger partial charge in [0.25, 0.3) is 5.91 Å². The molecule has 0 aliphatic carbocycles. The number of nitrogens with one attached hydrogen (secondary N) is 3. The molecule has 2 aromatic carbocycles. The smallest absolute Gasteiger partial charge is 0.274 e. The summed E-state index contributed by atoms with van der Waals surface area (Å²) in [6.07, 6.45) is 2.45. The van der Waals surface area contributed by atoms with Crippen molar-refractivity contribution < 1.29 is 9.59 Å². The maximum absolute atomic E-state index is 12.4. The van der Waals surface area contributed by atoms with Crippen LogP contribution in [0, 0.1) is 0 Å². The molecule has 28 heavy (non-hydrogen) atoms. The zero-order valence-electron chi connectivity index (χ0n) is 15.8. The Hall–Kier alpha value is -3.67. The van der Waals surface area contributed by atoms with Gasteiger partial charge in [-0.25, -0.2) is 4.98 Å². The summed E-state index contributed by atoms with van der Waals surface area (Å²) in [5.74, 6) is -0.354. The molecule has 0 saturated heterocycles. The van der Waals surface area contributed by atoms with Crippen molar-refractivity contribution in [1.29, 1.82) is 0 Å². The van der Waals surface area contributed by atoms with Crippen LogP contribution in [0.4, 0.5) is 22.7 Å². The summed E-state index contributed by atoms with van der Waals surface area (Å²) in [6, 6.07) is 18.5. The quantitative estimate of drug-likeness (QED) is 0.589. The van der Waals surface area contributed by atoms with Gasteiger partial charge in [0, 0.05) is 24.0 Å². The van der Waals surface area contributed by atoms with E-state index in [9.17, 15) is 9.59 Å². The van der Waals surface area contributed by atoms with Crippen LogP contribution in [-0.2, 0) is 11.2 Å². The molecule has 0 unspecified atom stereocenters. The fourth-order valence-corrected chi connectivity index (χ4v) is 2.75. The van der Waals surface area contributed by atoms with E-state index in [1.165, 1.54) is 6.92 Å². The fourth-order valence-electron chi connectivity index (χ4n) is 2.75. The van der Waals surface area contributed by atoms with E-state index < -0.39 is 0 Å². The molecule has 0 radical (unpaired) electrons. The number of aromatic nitrogens is 1. The summed E-state index contributed by atoms with van der Waals surface area (Å²) in [4.78, 5) is 27.8. The molecule has 1 aromatic heterocycles. The number of benzene rings is 2. The molecule has 3 N–H and O–H groups in total. The lowest BCUT2D eigenvalue weighted by Gasteiger charge is -2.10. The van der Waals surface area contributed by atoms with Crippen LogP contribution >= 0.6 is 0 Å². The molecule has 0 fully saturated rings. The van der Waals surface area contributed by atoms with Gasteiger partial charge in [0.15, 0.2) is 0 Å². The van der Waals surface area contributed by atoms with Gasteiger partial charge in [-0.15, -0.1) is 0 Å². The van der Waals surface area contributed by atoms with E-state index in [0.717, 1.165) is 34.7 Å². The fraction of sp³-hybridized carbons (Fsp3) is 0.136. The highest BCUT2D eigenvalue weighted by Crippen LogP contribution is 2.20. The Morgan fingerprint density at radius 2 is 1.54 bits per heavy atom.